The standard InChI is InChI=1S/C21H18F3N5O2/c1-3-4-12-7-8-15(11-16(12)21(22,23)24)25-20(30)14-6-5-13-9-18(31-17(13)10-14)19-26-28-29(2)27-19/h5-11H,3-4H2,1-2H3,(H,25,30). The molecule has 0 aliphatic carbocycles. The van der Waals surface area contributed by atoms with Crippen LogP contribution in [-0.4, -0.2) is 26.1 Å². The maximum absolute atomic E-state index is 13.4. The van der Waals surface area contributed by atoms with E-state index in [1.54, 1.807) is 25.2 Å². The van der Waals surface area contributed by atoms with E-state index in [9.17, 15) is 18.0 Å². The first kappa shape index (κ1) is 20.6. The van der Waals surface area contributed by atoms with Gasteiger partial charge in [0.1, 0.15) is 5.58 Å². The van der Waals surface area contributed by atoms with Crippen molar-refractivity contribution >= 4 is 22.6 Å². The van der Waals surface area contributed by atoms with Gasteiger partial charge in [-0.1, -0.05) is 25.5 Å². The minimum absolute atomic E-state index is 0.0705. The summed E-state index contributed by atoms with van der Waals surface area (Å²) < 4.78 is 45.9. The van der Waals surface area contributed by atoms with Crippen LogP contribution in [0.2, 0.25) is 0 Å². The van der Waals surface area contributed by atoms with Gasteiger partial charge in [0.15, 0.2) is 5.76 Å². The maximum Gasteiger partial charge on any atom is 0.416 e. The molecule has 4 rings (SSSR count). The van der Waals surface area contributed by atoms with Crippen LogP contribution in [0.1, 0.15) is 34.8 Å². The van der Waals surface area contributed by atoms with E-state index < -0.39 is 17.6 Å². The molecule has 0 bridgehead atoms. The van der Waals surface area contributed by atoms with Crippen molar-refractivity contribution in [3.8, 4) is 11.6 Å². The molecule has 2 heterocycles. The molecule has 2 aromatic carbocycles. The first-order valence-corrected chi connectivity index (χ1v) is 9.54. The Balaban J connectivity index is 1.59. The second-order valence-corrected chi connectivity index (χ2v) is 7.04. The second kappa shape index (κ2) is 7.86. The van der Waals surface area contributed by atoms with Crippen LogP contribution in [0.25, 0.3) is 22.6 Å². The summed E-state index contributed by atoms with van der Waals surface area (Å²) in [5, 5.41) is 14.9. The predicted octanol–water partition coefficient (Wildman–Crippen LogP) is 4.85. The third-order valence-electron chi connectivity index (χ3n) is 4.70. The van der Waals surface area contributed by atoms with Crippen LogP contribution in [0, 0.1) is 0 Å². The summed E-state index contributed by atoms with van der Waals surface area (Å²) in [7, 11) is 1.63. The SMILES string of the molecule is CCCc1ccc(NC(=O)c2ccc3cc(-c4nnn(C)n4)oc3c2)cc1C(F)(F)F. The van der Waals surface area contributed by atoms with Gasteiger partial charge in [-0.05, 0) is 47.5 Å². The monoisotopic (exact) mass is 429 g/mol. The molecule has 7 nitrogen and oxygen atoms in total. The molecular weight excluding hydrogens is 411 g/mol. The molecule has 0 radical (unpaired) electrons. The van der Waals surface area contributed by atoms with E-state index in [1.807, 2.05) is 6.92 Å². The lowest BCUT2D eigenvalue weighted by molar-refractivity contribution is -0.138. The summed E-state index contributed by atoms with van der Waals surface area (Å²) in [5.74, 6) is 0.146. The van der Waals surface area contributed by atoms with Crippen LogP contribution in [0.4, 0.5) is 18.9 Å². The van der Waals surface area contributed by atoms with Gasteiger partial charge in [0, 0.05) is 16.6 Å². The van der Waals surface area contributed by atoms with Crippen LogP contribution >= 0.6 is 0 Å². The number of hydrogen-bond acceptors (Lipinski definition) is 5. The van der Waals surface area contributed by atoms with E-state index >= 15 is 0 Å². The van der Waals surface area contributed by atoms with Crippen molar-refractivity contribution in [2.45, 2.75) is 25.9 Å². The van der Waals surface area contributed by atoms with Gasteiger partial charge < -0.3 is 9.73 Å². The number of nitrogens with zero attached hydrogens (tertiary/aromatic N) is 4. The zero-order chi connectivity index (χ0) is 22.2. The number of furan rings is 1. The molecule has 160 valence electrons. The molecule has 0 aliphatic heterocycles. The third kappa shape index (κ3) is 4.27. The highest BCUT2D eigenvalue weighted by Crippen LogP contribution is 2.34. The van der Waals surface area contributed by atoms with Crippen LogP contribution in [0.15, 0.2) is 46.9 Å². The van der Waals surface area contributed by atoms with Gasteiger partial charge >= 0.3 is 6.18 Å². The number of benzene rings is 2. The first-order chi connectivity index (χ1) is 14.7. The Bertz CT molecular complexity index is 1260. The number of tetrazole rings is 1. The summed E-state index contributed by atoms with van der Waals surface area (Å²) in [5.41, 5.74) is 0.196. The number of halogens is 3. The maximum atomic E-state index is 13.4. The molecule has 0 spiro atoms. The molecule has 0 atom stereocenters. The zero-order valence-electron chi connectivity index (χ0n) is 16.7. The average molecular weight is 429 g/mol. The number of hydrogen-bond donors (Lipinski definition) is 1. The molecular formula is C21H18F3N5O2. The number of carbonyl (C=O) groups is 1. The number of aryl methyl sites for hydroxylation is 2. The Hall–Kier alpha value is -3.69. The summed E-state index contributed by atoms with van der Waals surface area (Å²) in [6.45, 7) is 1.81. The summed E-state index contributed by atoms with van der Waals surface area (Å²) in [6.07, 6.45) is -3.60. The number of nitrogens with one attached hydrogen (secondary N) is 1. The van der Waals surface area contributed by atoms with Crippen LogP contribution in [0.5, 0.6) is 0 Å². The highest BCUT2D eigenvalue weighted by atomic mass is 19.4. The Kier molecular flexibility index (Phi) is 5.22. The molecule has 0 saturated carbocycles. The topological polar surface area (TPSA) is 85.8 Å². The van der Waals surface area contributed by atoms with Gasteiger partial charge in [-0.3, -0.25) is 4.79 Å². The molecule has 0 fully saturated rings. The summed E-state index contributed by atoms with van der Waals surface area (Å²) >= 11 is 0. The van der Waals surface area contributed by atoms with Gasteiger partial charge in [-0.25, -0.2) is 0 Å². The quantitative estimate of drug-likeness (QED) is 0.490. The molecule has 10 heteroatoms. The van der Waals surface area contributed by atoms with Gasteiger partial charge in [-0.2, -0.15) is 18.0 Å². The van der Waals surface area contributed by atoms with Gasteiger partial charge in [0.05, 0.1) is 12.6 Å². The van der Waals surface area contributed by atoms with E-state index in [0.717, 1.165) is 11.5 Å². The molecule has 4 aromatic rings. The highest BCUT2D eigenvalue weighted by Gasteiger charge is 2.33. The number of anilines is 1. The van der Waals surface area contributed by atoms with Gasteiger partial charge in [0.25, 0.3) is 5.91 Å². The Labute approximate surface area is 174 Å². The predicted molar refractivity (Wildman–Crippen MR) is 107 cm³/mol. The molecule has 0 aliphatic rings. The number of alkyl halides is 3. The molecule has 2 aromatic heterocycles. The first-order valence-electron chi connectivity index (χ1n) is 9.54. The largest absolute Gasteiger partial charge is 0.453 e. The zero-order valence-corrected chi connectivity index (χ0v) is 16.7. The molecule has 0 unspecified atom stereocenters. The van der Waals surface area contributed by atoms with Crippen molar-refractivity contribution in [2.75, 3.05) is 5.32 Å². The molecule has 0 saturated heterocycles. The number of carbonyl (C=O) groups excluding carboxylic acids is 1. The molecule has 1 N–H and O–H groups in total. The van der Waals surface area contributed by atoms with Crippen molar-refractivity contribution in [3.63, 3.8) is 0 Å². The third-order valence-corrected chi connectivity index (χ3v) is 4.70. The van der Waals surface area contributed by atoms with E-state index in [1.165, 1.54) is 23.0 Å². The van der Waals surface area contributed by atoms with Crippen molar-refractivity contribution in [3.05, 3.63) is 59.2 Å². The number of fused-ring (bicyclic) bond motifs is 1. The van der Waals surface area contributed by atoms with Crippen LogP contribution in [0.3, 0.4) is 0 Å². The molecule has 31 heavy (non-hydrogen) atoms. The van der Waals surface area contributed by atoms with Gasteiger partial charge in [-0.15, -0.1) is 10.2 Å². The second-order valence-electron chi connectivity index (χ2n) is 7.04. The molecule has 1 amide bonds. The van der Waals surface area contributed by atoms with Gasteiger partial charge in [0.2, 0.25) is 5.82 Å². The lowest BCUT2D eigenvalue weighted by Gasteiger charge is -2.14. The van der Waals surface area contributed by atoms with Crippen molar-refractivity contribution in [1.82, 2.24) is 20.2 Å². The smallest absolute Gasteiger partial charge is 0.416 e. The number of amides is 1. The average Bonchev–Trinajstić information content (AvgIpc) is 3.33. The minimum atomic E-state index is -4.50. The van der Waals surface area contributed by atoms with E-state index in [-0.39, 0.29) is 16.8 Å². The van der Waals surface area contributed by atoms with Crippen molar-refractivity contribution < 1.29 is 22.4 Å². The highest BCUT2D eigenvalue weighted by molar-refractivity contribution is 6.06. The fourth-order valence-electron chi connectivity index (χ4n) is 3.27. The lowest BCUT2D eigenvalue weighted by Crippen LogP contribution is -2.14. The lowest BCUT2D eigenvalue weighted by atomic mass is 10.0. The minimum Gasteiger partial charge on any atom is -0.453 e. The number of rotatable bonds is 5. The van der Waals surface area contributed by atoms with Crippen molar-refractivity contribution in [2.24, 2.45) is 7.05 Å². The fourth-order valence-corrected chi connectivity index (χ4v) is 3.27. The summed E-state index contributed by atoms with van der Waals surface area (Å²) in [4.78, 5) is 13.9. The van der Waals surface area contributed by atoms with Crippen LogP contribution in [-0.2, 0) is 19.6 Å². The van der Waals surface area contributed by atoms with Crippen molar-refractivity contribution in [1.29, 1.82) is 0 Å². The summed E-state index contributed by atoms with van der Waals surface area (Å²) in [6, 6.07) is 10.3. The number of aromatic nitrogens is 4. The fraction of sp³-hybridized carbons (Fsp3) is 0.238. The Morgan fingerprint density at radius 1 is 1.16 bits per heavy atom. The van der Waals surface area contributed by atoms with E-state index in [2.05, 4.69) is 20.7 Å². The Morgan fingerprint density at radius 2 is 1.97 bits per heavy atom. The van der Waals surface area contributed by atoms with Crippen LogP contribution < -0.4 is 5.32 Å². The van der Waals surface area contributed by atoms with E-state index in [4.69, 9.17) is 4.42 Å². The van der Waals surface area contributed by atoms with E-state index in [0.29, 0.717) is 30.0 Å². The normalized spacial score (nSPS) is 11.8. The Morgan fingerprint density at radius 3 is 2.65 bits per heavy atom.